The van der Waals surface area contributed by atoms with Crippen LogP contribution >= 0.6 is 35.3 Å². The number of nitrogens with zero attached hydrogens (tertiary/aromatic N) is 2. The minimum absolute atomic E-state index is 0. The fraction of sp³-hybridized carbons (Fsp3) is 0.667. The molecule has 24 heavy (non-hydrogen) atoms. The first-order valence-corrected chi connectivity index (χ1v) is 10.4. The van der Waals surface area contributed by atoms with Gasteiger partial charge in [-0.15, -0.1) is 35.3 Å². The molecule has 1 aliphatic heterocycles. The summed E-state index contributed by atoms with van der Waals surface area (Å²) >= 11 is 1.32. The van der Waals surface area contributed by atoms with E-state index in [-0.39, 0.29) is 24.0 Å². The molecule has 6 nitrogen and oxygen atoms in total. The summed E-state index contributed by atoms with van der Waals surface area (Å²) in [6, 6.07) is 3.57. The van der Waals surface area contributed by atoms with Crippen LogP contribution in [0, 0.1) is 0 Å². The largest absolute Gasteiger partial charge is 0.357 e. The number of aliphatic imine (C=N–C) groups is 1. The van der Waals surface area contributed by atoms with Gasteiger partial charge in [0.1, 0.15) is 4.21 Å². The van der Waals surface area contributed by atoms with Gasteiger partial charge in [0, 0.05) is 31.1 Å². The van der Waals surface area contributed by atoms with Crippen LogP contribution in [0.25, 0.3) is 0 Å². The molecule has 0 amide bonds. The van der Waals surface area contributed by atoms with Gasteiger partial charge in [0.05, 0.1) is 6.54 Å². The van der Waals surface area contributed by atoms with Crippen LogP contribution in [0.3, 0.4) is 0 Å². The van der Waals surface area contributed by atoms with Gasteiger partial charge in [0.15, 0.2) is 5.96 Å². The highest BCUT2D eigenvalue weighted by molar-refractivity contribution is 14.0. The number of sulfonamides is 1. The van der Waals surface area contributed by atoms with E-state index in [2.05, 4.69) is 15.6 Å². The maximum Gasteiger partial charge on any atom is 0.252 e. The molecule has 138 valence electrons. The minimum Gasteiger partial charge on any atom is -0.357 e. The zero-order valence-corrected chi connectivity index (χ0v) is 18.2. The number of rotatable bonds is 6. The molecule has 0 atom stereocenters. The second kappa shape index (κ2) is 10.6. The molecule has 0 radical (unpaired) electrons. The molecule has 1 aliphatic rings. The summed E-state index contributed by atoms with van der Waals surface area (Å²) in [5.74, 6) is 0.754. The normalized spacial score (nSPS) is 15.4. The van der Waals surface area contributed by atoms with E-state index < -0.39 is 10.0 Å². The lowest BCUT2D eigenvalue weighted by molar-refractivity contribution is 0.347. The number of thiophene rings is 1. The van der Waals surface area contributed by atoms with Crippen LogP contribution in [0.1, 0.15) is 38.0 Å². The average Bonchev–Trinajstić information content (AvgIpc) is 3.04. The molecule has 9 heteroatoms. The number of hydrogen-bond acceptors (Lipinski definition) is 4. The number of guanidine groups is 1. The highest BCUT2D eigenvalue weighted by atomic mass is 127. The summed E-state index contributed by atoms with van der Waals surface area (Å²) in [4.78, 5) is 5.43. The second-order valence-corrected chi connectivity index (χ2v) is 8.74. The van der Waals surface area contributed by atoms with Crippen LogP contribution in [0.4, 0.5) is 0 Å². The third-order valence-corrected chi connectivity index (χ3v) is 7.06. The van der Waals surface area contributed by atoms with Crippen LogP contribution in [-0.2, 0) is 16.6 Å². The van der Waals surface area contributed by atoms with Crippen molar-refractivity contribution in [3.63, 3.8) is 0 Å². The van der Waals surface area contributed by atoms with E-state index in [0.29, 0.717) is 23.8 Å². The number of halogens is 1. The topological polar surface area (TPSA) is 73.8 Å². The Balaban J connectivity index is 0.00000288. The van der Waals surface area contributed by atoms with Crippen LogP contribution in [0.2, 0.25) is 0 Å². The van der Waals surface area contributed by atoms with Crippen molar-refractivity contribution in [1.82, 2.24) is 14.9 Å². The fourth-order valence-electron chi connectivity index (χ4n) is 2.48. The van der Waals surface area contributed by atoms with Gasteiger partial charge < -0.3 is 10.6 Å². The smallest absolute Gasteiger partial charge is 0.252 e. The Hall–Kier alpha value is -0.390. The van der Waals surface area contributed by atoms with E-state index in [1.165, 1.54) is 11.3 Å². The Bertz CT molecular complexity index is 617. The number of piperidine rings is 1. The highest BCUT2D eigenvalue weighted by Crippen LogP contribution is 2.27. The lowest BCUT2D eigenvalue weighted by Crippen LogP contribution is -2.36. The Morgan fingerprint density at radius 2 is 1.79 bits per heavy atom. The molecule has 0 bridgehead atoms. The zero-order valence-electron chi connectivity index (χ0n) is 14.2. The zero-order chi connectivity index (χ0) is 16.7. The molecule has 2 N–H and O–H groups in total. The first-order valence-electron chi connectivity index (χ1n) is 8.19. The van der Waals surface area contributed by atoms with Crippen LogP contribution < -0.4 is 10.6 Å². The van der Waals surface area contributed by atoms with Gasteiger partial charge in [-0.2, -0.15) is 4.31 Å². The first kappa shape index (κ1) is 21.7. The molecule has 0 spiro atoms. The van der Waals surface area contributed by atoms with Crippen molar-refractivity contribution >= 4 is 51.3 Å². The van der Waals surface area contributed by atoms with Gasteiger partial charge in [0.2, 0.25) is 0 Å². The van der Waals surface area contributed by atoms with Crippen LogP contribution in [-0.4, -0.2) is 44.9 Å². The molecule has 2 heterocycles. The van der Waals surface area contributed by atoms with E-state index in [9.17, 15) is 8.42 Å². The predicted octanol–water partition coefficient (Wildman–Crippen LogP) is 2.62. The lowest BCUT2D eigenvalue weighted by atomic mass is 10.2. The molecule has 1 aromatic heterocycles. The maximum absolute atomic E-state index is 12.6. The van der Waals surface area contributed by atoms with Gasteiger partial charge in [-0.1, -0.05) is 6.42 Å². The summed E-state index contributed by atoms with van der Waals surface area (Å²) in [6.45, 7) is 7.38. The van der Waals surface area contributed by atoms with Gasteiger partial charge in [-0.25, -0.2) is 13.4 Å². The van der Waals surface area contributed by atoms with E-state index >= 15 is 0 Å². The monoisotopic (exact) mass is 486 g/mol. The third-order valence-electron chi connectivity index (χ3n) is 3.63. The Morgan fingerprint density at radius 1 is 1.17 bits per heavy atom. The van der Waals surface area contributed by atoms with Crippen molar-refractivity contribution in [2.45, 2.75) is 43.9 Å². The fourth-order valence-corrected chi connectivity index (χ4v) is 5.43. The van der Waals surface area contributed by atoms with E-state index in [4.69, 9.17) is 0 Å². The minimum atomic E-state index is -3.33. The molecule has 1 aromatic rings. The SMILES string of the molecule is CCNC(=NCc1ccc(S(=O)(=O)N2CCCCC2)s1)NCC.I. The summed E-state index contributed by atoms with van der Waals surface area (Å²) in [5, 5.41) is 6.32. The molecule has 2 rings (SSSR count). The molecule has 0 aliphatic carbocycles. The second-order valence-electron chi connectivity index (χ2n) is 5.41. The summed E-state index contributed by atoms with van der Waals surface area (Å²) in [6.07, 6.45) is 3.03. The lowest BCUT2D eigenvalue weighted by Gasteiger charge is -2.25. The molecule has 1 saturated heterocycles. The Morgan fingerprint density at radius 3 is 2.38 bits per heavy atom. The molecule has 0 saturated carbocycles. The molecule has 1 fully saturated rings. The maximum atomic E-state index is 12.6. The van der Waals surface area contributed by atoms with Crippen molar-refractivity contribution in [2.75, 3.05) is 26.2 Å². The van der Waals surface area contributed by atoms with Crippen molar-refractivity contribution in [3.8, 4) is 0 Å². The quantitative estimate of drug-likeness (QED) is 0.369. The Kier molecular flexibility index (Phi) is 9.53. The molecule has 0 unspecified atom stereocenters. The van der Waals surface area contributed by atoms with E-state index in [0.717, 1.165) is 43.2 Å². The van der Waals surface area contributed by atoms with Crippen LogP contribution in [0.15, 0.2) is 21.3 Å². The summed E-state index contributed by atoms with van der Waals surface area (Å²) in [7, 11) is -3.33. The molecule has 0 aromatic carbocycles. The van der Waals surface area contributed by atoms with Gasteiger partial charge in [-0.05, 0) is 38.8 Å². The van der Waals surface area contributed by atoms with Crippen LogP contribution in [0.5, 0.6) is 0 Å². The van der Waals surface area contributed by atoms with E-state index in [1.54, 1.807) is 10.4 Å². The van der Waals surface area contributed by atoms with Crippen molar-refractivity contribution in [1.29, 1.82) is 0 Å². The standard InChI is InChI=1S/C15H26N4O2S2.HI/c1-3-16-15(17-4-2)18-12-13-8-9-14(22-13)23(20,21)19-10-6-5-7-11-19;/h8-9H,3-7,10-12H2,1-2H3,(H2,16,17,18);1H. The first-order chi connectivity index (χ1) is 11.1. The summed E-state index contributed by atoms with van der Waals surface area (Å²) in [5.41, 5.74) is 0. The number of nitrogens with one attached hydrogen (secondary N) is 2. The molecular formula is C15H27IN4O2S2. The third kappa shape index (κ3) is 5.85. The molecular weight excluding hydrogens is 459 g/mol. The van der Waals surface area contributed by atoms with Gasteiger partial charge >= 0.3 is 0 Å². The Labute approximate surface area is 166 Å². The van der Waals surface area contributed by atoms with Crippen molar-refractivity contribution < 1.29 is 8.42 Å². The van der Waals surface area contributed by atoms with Gasteiger partial charge in [0.25, 0.3) is 10.0 Å². The van der Waals surface area contributed by atoms with Crippen molar-refractivity contribution in [2.24, 2.45) is 4.99 Å². The number of hydrogen-bond donors (Lipinski definition) is 2. The average molecular weight is 486 g/mol. The van der Waals surface area contributed by atoms with Crippen molar-refractivity contribution in [3.05, 3.63) is 17.0 Å². The highest BCUT2D eigenvalue weighted by Gasteiger charge is 2.27. The van der Waals surface area contributed by atoms with E-state index in [1.807, 2.05) is 19.9 Å². The van der Waals surface area contributed by atoms with Gasteiger partial charge in [-0.3, -0.25) is 0 Å². The predicted molar refractivity (Wildman–Crippen MR) is 111 cm³/mol. The summed E-state index contributed by atoms with van der Waals surface area (Å²) < 4.78 is 27.3.